The summed E-state index contributed by atoms with van der Waals surface area (Å²) in [6.45, 7) is 7.63. The van der Waals surface area contributed by atoms with Gasteiger partial charge in [-0.25, -0.2) is 0 Å². The van der Waals surface area contributed by atoms with E-state index in [0.29, 0.717) is 23.0 Å². The van der Waals surface area contributed by atoms with Crippen LogP contribution in [0.3, 0.4) is 0 Å². The fourth-order valence-electron chi connectivity index (χ4n) is 3.92. The first-order chi connectivity index (χ1) is 13.8. The lowest BCUT2D eigenvalue weighted by Crippen LogP contribution is -2.06. The Morgan fingerprint density at radius 2 is 1.00 bits per heavy atom. The van der Waals surface area contributed by atoms with E-state index in [1.165, 1.54) is 0 Å². The lowest BCUT2D eigenvalue weighted by molar-refractivity contribution is 0.354. The lowest BCUT2D eigenvalue weighted by Gasteiger charge is -2.23. The monoisotopic (exact) mass is 392 g/mol. The van der Waals surface area contributed by atoms with Crippen LogP contribution in [0.25, 0.3) is 0 Å². The van der Waals surface area contributed by atoms with Gasteiger partial charge in [-0.1, -0.05) is 30.3 Å². The second-order valence-corrected chi connectivity index (χ2v) is 7.55. The first kappa shape index (κ1) is 20.6. The summed E-state index contributed by atoms with van der Waals surface area (Å²) in [4.78, 5) is 0. The van der Waals surface area contributed by atoms with E-state index in [9.17, 15) is 10.2 Å². The maximum atomic E-state index is 10.3. The normalized spacial score (nSPS) is 11.0. The Labute approximate surface area is 172 Å². The Balaban J connectivity index is 2.28. The van der Waals surface area contributed by atoms with E-state index in [4.69, 9.17) is 9.47 Å². The zero-order chi connectivity index (χ0) is 21.3. The zero-order valence-corrected chi connectivity index (χ0v) is 17.8. The van der Waals surface area contributed by atoms with Crippen LogP contribution in [0, 0.1) is 27.7 Å². The highest BCUT2D eigenvalue weighted by Crippen LogP contribution is 2.40. The number of rotatable bonds is 5. The molecule has 3 aromatic rings. The van der Waals surface area contributed by atoms with Gasteiger partial charge < -0.3 is 19.7 Å². The van der Waals surface area contributed by atoms with Crippen molar-refractivity contribution < 1.29 is 19.7 Å². The summed E-state index contributed by atoms with van der Waals surface area (Å²) in [7, 11) is 3.24. The largest absolute Gasteiger partial charge is 0.507 e. The third kappa shape index (κ3) is 3.88. The fraction of sp³-hybridized carbons (Fsp3) is 0.280. The second kappa shape index (κ2) is 8.08. The number of phenolic OH excluding ortho intramolecular Hbond substituents is 2. The molecule has 152 valence electrons. The predicted octanol–water partition coefficient (Wildman–Crippen LogP) is 5.53. The highest BCUT2D eigenvalue weighted by molar-refractivity contribution is 5.55. The molecule has 0 aliphatic rings. The Bertz CT molecular complexity index is 949. The van der Waals surface area contributed by atoms with Gasteiger partial charge in [0.1, 0.15) is 11.5 Å². The first-order valence-electron chi connectivity index (χ1n) is 9.59. The molecule has 3 rings (SSSR count). The van der Waals surface area contributed by atoms with Crippen LogP contribution in [-0.4, -0.2) is 24.4 Å². The molecule has 2 N–H and O–H groups in total. The summed E-state index contributed by atoms with van der Waals surface area (Å²) < 4.78 is 10.9. The Morgan fingerprint density at radius 3 is 1.38 bits per heavy atom. The zero-order valence-electron chi connectivity index (χ0n) is 17.8. The van der Waals surface area contributed by atoms with Crippen LogP contribution in [0.1, 0.15) is 44.9 Å². The summed E-state index contributed by atoms with van der Waals surface area (Å²) >= 11 is 0. The van der Waals surface area contributed by atoms with Crippen molar-refractivity contribution in [2.24, 2.45) is 0 Å². The van der Waals surface area contributed by atoms with Gasteiger partial charge in [-0.05, 0) is 78.8 Å². The quantitative estimate of drug-likeness (QED) is 0.561. The molecule has 0 aliphatic carbocycles. The van der Waals surface area contributed by atoms with Crippen molar-refractivity contribution in [3.8, 4) is 23.0 Å². The maximum absolute atomic E-state index is 10.3. The van der Waals surface area contributed by atoms with Gasteiger partial charge in [0, 0.05) is 5.92 Å². The SMILES string of the molecule is COc1ccc(C(c2cc(C)c(O)c(C)c2)c2cc(C)c(O)c(C)c2)cc1OC. The number of phenols is 2. The topological polar surface area (TPSA) is 58.9 Å². The third-order valence-corrected chi connectivity index (χ3v) is 5.43. The summed E-state index contributed by atoms with van der Waals surface area (Å²) in [6.07, 6.45) is 0. The minimum Gasteiger partial charge on any atom is -0.507 e. The van der Waals surface area contributed by atoms with Crippen molar-refractivity contribution in [1.29, 1.82) is 0 Å². The standard InChI is InChI=1S/C25H28O4/c1-14-9-19(10-15(2)24(14)26)23(20-11-16(3)25(27)17(4)12-20)18-7-8-21(28-5)22(13-18)29-6/h7-13,23,26-27H,1-6H3. The molecule has 0 saturated carbocycles. The summed E-state index contributed by atoms with van der Waals surface area (Å²) in [5.74, 6) is 1.88. The summed E-state index contributed by atoms with van der Waals surface area (Å²) in [6, 6.07) is 14.0. The maximum Gasteiger partial charge on any atom is 0.161 e. The van der Waals surface area contributed by atoms with Crippen LogP contribution in [0.15, 0.2) is 42.5 Å². The van der Waals surface area contributed by atoms with Crippen LogP contribution in [0.2, 0.25) is 0 Å². The van der Waals surface area contributed by atoms with Crippen molar-refractivity contribution in [2.75, 3.05) is 14.2 Å². The van der Waals surface area contributed by atoms with Crippen LogP contribution < -0.4 is 9.47 Å². The van der Waals surface area contributed by atoms with Crippen LogP contribution in [-0.2, 0) is 0 Å². The van der Waals surface area contributed by atoms with E-state index in [0.717, 1.165) is 38.9 Å². The fourth-order valence-corrected chi connectivity index (χ4v) is 3.92. The van der Waals surface area contributed by atoms with E-state index >= 15 is 0 Å². The average Bonchev–Trinajstić information content (AvgIpc) is 2.70. The molecule has 0 atom stereocenters. The summed E-state index contributed by atoms with van der Waals surface area (Å²) in [5, 5.41) is 20.5. The summed E-state index contributed by atoms with van der Waals surface area (Å²) in [5.41, 5.74) is 6.49. The molecule has 0 unspecified atom stereocenters. The average molecular weight is 392 g/mol. The molecule has 4 nitrogen and oxygen atoms in total. The van der Waals surface area contributed by atoms with Crippen LogP contribution in [0.4, 0.5) is 0 Å². The highest BCUT2D eigenvalue weighted by Gasteiger charge is 2.22. The lowest BCUT2D eigenvalue weighted by atomic mass is 9.82. The Morgan fingerprint density at radius 1 is 0.586 bits per heavy atom. The molecule has 0 aliphatic heterocycles. The number of ether oxygens (including phenoxy) is 2. The number of methoxy groups -OCH3 is 2. The molecule has 0 amide bonds. The molecule has 0 radical (unpaired) electrons. The van der Waals surface area contributed by atoms with Crippen molar-refractivity contribution in [1.82, 2.24) is 0 Å². The molecule has 3 aromatic carbocycles. The molecule has 0 aromatic heterocycles. The number of benzene rings is 3. The van der Waals surface area contributed by atoms with Gasteiger partial charge in [-0.15, -0.1) is 0 Å². The number of aromatic hydroxyl groups is 2. The molecule has 0 fully saturated rings. The molecule has 0 heterocycles. The van der Waals surface area contributed by atoms with Gasteiger partial charge in [-0.2, -0.15) is 0 Å². The van der Waals surface area contributed by atoms with Crippen LogP contribution >= 0.6 is 0 Å². The number of hydrogen-bond acceptors (Lipinski definition) is 4. The van der Waals surface area contributed by atoms with Gasteiger partial charge in [0.25, 0.3) is 0 Å². The van der Waals surface area contributed by atoms with Crippen molar-refractivity contribution in [3.63, 3.8) is 0 Å². The van der Waals surface area contributed by atoms with Crippen molar-refractivity contribution >= 4 is 0 Å². The van der Waals surface area contributed by atoms with Crippen molar-refractivity contribution in [2.45, 2.75) is 33.6 Å². The minimum absolute atomic E-state index is 0.0918. The van der Waals surface area contributed by atoms with E-state index < -0.39 is 0 Å². The van der Waals surface area contributed by atoms with E-state index in [-0.39, 0.29) is 5.92 Å². The van der Waals surface area contributed by atoms with Crippen LogP contribution in [0.5, 0.6) is 23.0 Å². The van der Waals surface area contributed by atoms with E-state index in [1.54, 1.807) is 14.2 Å². The number of aryl methyl sites for hydroxylation is 4. The first-order valence-corrected chi connectivity index (χ1v) is 9.59. The van der Waals surface area contributed by atoms with Gasteiger partial charge >= 0.3 is 0 Å². The Hall–Kier alpha value is -3.14. The predicted molar refractivity (Wildman–Crippen MR) is 116 cm³/mol. The van der Waals surface area contributed by atoms with Gasteiger partial charge in [0.15, 0.2) is 11.5 Å². The molecular weight excluding hydrogens is 364 g/mol. The molecule has 29 heavy (non-hydrogen) atoms. The molecule has 0 bridgehead atoms. The molecule has 0 saturated heterocycles. The molecule has 0 spiro atoms. The smallest absolute Gasteiger partial charge is 0.161 e. The third-order valence-electron chi connectivity index (χ3n) is 5.43. The van der Waals surface area contributed by atoms with Gasteiger partial charge in [-0.3, -0.25) is 0 Å². The highest BCUT2D eigenvalue weighted by atomic mass is 16.5. The van der Waals surface area contributed by atoms with Crippen molar-refractivity contribution in [3.05, 3.63) is 81.4 Å². The number of hydrogen-bond donors (Lipinski definition) is 2. The Kier molecular flexibility index (Phi) is 5.73. The van der Waals surface area contributed by atoms with E-state index in [2.05, 4.69) is 0 Å². The van der Waals surface area contributed by atoms with Gasteiger partial charge in [0.05, 0.1) is 14.2 Å². The second-order valence-electron chi connectivity index (χ2n) is 7.55. The minimum atomic E-state index is -0.0918. The van der Waals surface area contributed by atoms with E-state index in [1.807, 2.05) is 70.2 Å². The molecular formula is C25H28O4. The molecule has 4 heteroatoms. The van der Waals surface area contributed by atoms with Gasteiger partial charge in [0.2, 0.25) is 0 Å².